The third-order valence-electron chi connectivity index (χ3n) is 6.80. The van der Waals surface area contributed by atoms with Crippen LogP contribution in [-0.2, 0) is 16.9 Å². The zero-order chi connectivity index (χ0) is 24.6. The molecule has 174 valence electrons. The second kappa shape index (κ2) is 8.97. The van der Waals surface area contributed by atoms with Gasteiger partial charge >= 0.3 is 0 Å². The summed E-state index contributed by atoms with van der Waals surface area (Å²) in [6.07, 6.45) is -0.309. The lowest BCUT2D eigenvalue weighted by Gasteiger charge is -2.23. The smallest absolute Gasteiger partial charge is 0.264 e. The molecule has 4 heteroatoms. The highest BCUT2D eigenvalue weighted by Gasteiger charge is 2.50. The number of Topliss-reactive ketones (excluding diaryl/α,β-unsaturated/α-hetero) is 1. The van der Waals surface area contributed by atoms with Gasteiger partial charge in [0, 0.05) is 11.1 Å². The van der Waals surface area contributed by atoms with E-state index in [9.17, 15) is 14.7 Å². The molecule has 35 heavy (non-hydrogen) atoms. The first-order valence-corrected chi connectivity index (χ1v) is 11.8. The molecule has 0 unspecified atom stereocenters. The van der Waals surface area contributed by atoms with Crippen molar-refractivity contribution in [2.24, 2.45) is 0 Å². The Bertz CT molecular complexity index is 1410. The standard InChI is InChI=1S/C31H27NO3/c1-21-12-13-22(2)26(18-21)20-32-28-11-7-6-10-27(28)31(35,30(32)34)19-29(33)25-16-14-24(15-17-25)23-8-4-3-5-9-23/h3-18,35H,19-20H2,1-2H3/t31-/m0/s1. The van der Waals surface area contributed by atoms with E-state index in [0.717, 1.165) is 27.8 Å². The largest absolute Gasteiger partial charge is 0.375 e. The van der Waals surface area contributed by atoms with Gasteiger partial charge in [-0.15, -0.1) is 0 Å². The number of hydrogen-bond donors (Lipinski definition) is 1. The van der Waals surface area contributed by atoms with Gasteiger partial charge in [-0.2, -0.15) is 0 Å². The number of aliphatic hydroxyl groups is 1. The predicted molar refractivity (Wildman–Crippen MR) is 138 cm³/mol. The predicted octanol–water partition coefficient (Wildman–Crippen LogP) is 5.98. The van der Waals surface area contributed by atoms with Gasteiger partial charge in [0.25, 0.3) is 5.91 Å². The fraction of sp³-hybridized carbons (Fsp3) is 0.161. The van der Waals surface area contributed by atoms with Crippen LogP contribution in [0.15, 0.2) is 97.1 Å². The van der Waals surface area contributed by atoms with E-state index in [1.165, 1.54) is 0 Å². The number of aryl methyl sites for hydroxylation is 2. The molecule has 5 rings (SSSR count). The molecule has 1 heterocycles. The number of benzene rings is 4. The topological polar surface area (TPSA) is 57.6 Å². The van der Waals surface area contributed by atoms with Crippen LogP contribution in [0.1, 0.15) is 39.0 Å². The van der Waals surface area contributed by atoms with Crippen LogP contribution < -0.4 is 4.90 Å². The third-order valence-corrected chi connectivity index (χ3v) is 6.80. The minimum atomic E-state index is -1.90. The number of amides is 1. The van der Waals surface area contributed by atoms with E-state index in [4.69, 9.17) is 0 Å². The van der Waals surface area contributed by atoms with E-state index < -0.39 is 11.5 Å². The van der Waals surface area contributed by atoms with Crippen LogP contribution in [0.5, 0.6) is 0 Å². The fourth-order valence-corrected chi connectivity index (χ4v) is 4.79. The summed E-state index contributed by atoms with van der Waals surface area (Å²) >= 11 is 0. The first-order valence-electron chi connectivity index (χ1n) is 11.8. The van der Waals surface area contributed by atoms with Gasteiger partial charge in [-0.25, -0.2) is 0 Å². The van der Waals surface area contributed by atoms with Crippen molar-refractivity contribution in [2.45, 2.75) is 32.4 Å². The first kappa shape index (κ1) is 22.8. The van der Waals surface area contributed by atoms with Crippen molar-refractivity contribution in [1.82, 2.24) is 0 Å². The molecule has 1 aliphatic rings. The zero-order valence-electron chi connectivity index (χ0n) is 19.9. The molecule has 4 aromatic carbocycles. The van der Waals surface area contributed by atoms with E-state index >= 15 is 0 Å². The van der Waals surface area contributed by atoms with Gasteiger partial charge < -0.3 is 10.0 Å². The molecule has 0 aromatic heterocycles. The average Bonchev–Trinajstić information content (AvgIpc) is 3.08. The summed E-state index contributed by atoms with van der Waals surface area (Å²) in [4.78, 5) is 28.5. The minimum Gasteiger partial charge on any atom is -0.375 e. The minimum absolute atomic E-state index is 0.274. The monoisotopic (exact) mass is 461 g/mol. The van der Waals surface area contributed by atoms with Gasteiger partial charge in [0.1, 0.15) is 0 Å². The maximum atomic E-state index is 13.6. The normalized spacial score (nSPS) is 16.9. The van der Waals surface area contributed by atoms with Crippen LogP contribution in [0.2, 0.25) is 0 Å². The lowest BCUT2D eigenvalue weighted by Crippen LogP contribution is -2.41. The summed E-state index contributed by atoms with van der Waals surface area (Å²) in [5, 5.41) is 11.6. The molecular formula is C31H27NO3. The van der Waals surface area contributed by atoms with Gasteiger partial charge in [0.05, 0.1) is 18.7 Å². The quantitative estimate of drug-likeness (QED) is 0.360. The number of hydrogen-bond acceptors (Lipinski definition) is 3. The molecule has 0 spiro atoms. The molecule has 0 fully saturated rings. The summed E-state index contributed by atoms with van der Waals surface area (Å²) < 4.78 is 0. The van der Waals surface area contributed by atoms with Gasteiger partial charge in [-0.3, -0.25) is 9.59 Å². The van der Waals surface area contributed by atoms with Crippen molar-refractivity contribution in [1.29, 1.82) is 0 Å². The highest BCUT2D eigenvalue weighted by molar-refractivity contribution is 6.10. The SMILES string of the molecule is Cc1ccc(C)c(CN2C(=O)[C@](O)(CC(=O)c3ccc(-c4ccccc4)cc3)c3ccccc32)c1. The third kappa shape index (κ3) is 4.17. The number of anilines is 1. The summed E-state index contributed by atoms with van der Waals surface area (Å²) in [6, 6.07) is 30.6. The Morgan fingerprint density at radius 1 is 0.829 bits per heavy atom. The number of fused-ring (bicyclic) bond motifs is 1. The van der Waals surface area contributed by atoms with Crippen molar-refractivity contribution in [2.75, 3.05) is 4.90 Å². The molecule has 1 amide bonds. The van der Waals surface area contributed by atoms with Crippen molar-refractivity contribution >= 4 is 17.4 Å². The number of rotatable bonds is 6. The molecule has 1 atom stereocenters. The molecule has 0 saturated carbocycles. The van der Waals surface area contributed by atoms with E-state index in [-0.39, 0.29) is 12.2 Å². The first-order chi connectivity index (χ1) is 16.9. The lowest BCUT2D eigenvalue weighted by atomic mass is 9.88. The van der Waals surface area contributed by atoms with Crippen LogP contribution in [0, 0.1) is 13.8 Å². The number of nitrogens with zero attached hydrogens (tertiary/aromatic N) is 1. The number of carbonyl (C=O) groups excluding carboxylic acids is 2. The molecule has 4 nitrogen and oxygen atoms in total. The second-order valence-corrected chi connectivity index (χ2v) is 9.24. The number of carbonyl (C=O) groups is 2. The molecule has 0 bridgehead atoms. The Hall–Kier alpha value is -4.02. The van der Waals surface area contributed by atoms with Crippen LogP contribution in [-0.4, -0.2) is 16.8 Å². The Balaban J connectivity index is 1.43. The molecule has 0 aliphatic carbocycles. The molecule has 0 radical (unpaired) electrons. The molecule has 1 aliphatic heterocycles. The number of ketones is 1. The molecule has 1 N–H and O–H groups in total. The van der Waals surface area contributed by atoms with Crippen molar-refractivity contribution in [3.63, 3.8) is 0 Å². The Morgan fingerprint density at radius 3 is 2.23 bits per heavy atom. The van der Waals surface area contributed by atoms with Gasteiger partial charge in [0.2, 0.25) is 0 Å². The Labute approximate surface area is 205 Å². The average molecular weight is 462 g/mol. The van der Waals surface area contributed by atoms with E-state index in [0.29, 0.717) is 23.4 Å². The van der Waals surface area contributed by atoms with E-state index in [2.05, 4.69) is 6.07 Å². The highest BCUT2D eigenvalue weighted by Crippen LogP contribution is 2.43. The van der Waals surface area contributed by atoms with Crippen molar-refractivity contribution < 1.29 is 14.7 Å². The fourth-order valence-electron chi connectivity index (χ4n) is 4.79. The summed E-state index contributed by atoms with van der Waals surface area (Å²) in [7, 11) is 0. The van der Waals surface area contributed by atoms with Gasteiger partial charge in [-0.1, -0.05) is 96.6 Å². The highest BCUT2D eigenvalue weighted by atomic mass is 16.3. The van der Waals surface area contributed by atoms with Crippen molar-refractivity contribution in [3.05, 3.63) is 125 Å². The lowest BCUT2D eigenvalue weighted by molar-refractivity contribution is -0.136. The zero-order valence-corrected chi connectivity index (χ0v) is 19.9. The van der Waals surface area contributed by atoms with Crippen molar-refractivity contribution in [3.8, 4) is 11.1 Å². The summed E-state index contributed by atoms with van der Waals surface area (Å²) in [5.41, 5.74) is 4.95. The maximum Gasteiger partial charge on any atom is 0.264 e. The van der Waals surface area contributed by atoms with Crippen LogP contribution in [0.25, 0.3) is 11.1 Å². The maximum absolute atomic E-state index is 13.6. The summed E-state index contributed by atoms with van der Waals surface area (Å²) in [6.45, 7) is 4.36. The number of para-hydroxylation sites is 1. The van der Waals surface area contributed by atoms with E-state index in [1.54, 1.807) is 29.2 Å². The van der Waals surface area contributed by atoms with Crippen LogP contribution in [0.3, 0.4) is 0 Å². The summed E-state index contributed by atoms with van der Waals surface area (Å²) in [5.74, 6) is -0.738. The molecular weight excluding hydrogens is 434 g/mol. The van der Waals surface area contributed by atoms with E-state index in [1.807, 2.05) is 80.6 Å². The van der Waals surface area contributed by atoms with Crippen LogP contribution >= 0.6 is 0 Å². The molecule has 4 aromatic rings. The van der Waals surface area contributed by atoms with Crippen LogP contribution in [0.4, 0.5) is 5.69 Å². The van der Waals surface area contributed by atoms with Gasteiger partial charge in [0.15, 0.2) is 11.4 Å². The second-order valence-electron chi connectivity index (χ2n) is 9.24. The Kier molecular flexibility index (Phi) is 5.83. The molecule has 0 saturated heterocycles. The van der Waals surface area contributed by atoms with Gasteiger partial charge in [-0.05, 0) is 42.2 Å². The Morgan fingerprint density at radius 2 is 1.49 bits per heavy atom.